The van der Waals surface area contributed by atoms with Gasteiger partial charge in [0.05, 0.1) is 17.4 Å². The number of amides is 2. The van der Waals surface area contributed by atoms with E-state index in [9.17, 15) is 9.59 Å². The van der Waals surface area contributed by atoms with Crippen LogP contribution in [-0.4, -0.2) is 52.8 Å². The maximum atomic E-state index is 12.5. The predicted octanol–water partition coefficient (Wildman–Crippen LogP) is 1.97. The van der Waals surface area contributed by atoms with Gasteiger partial charge >= 0.3 is 0 Å². The fraction of sp³-hybridized carbons (Fsp3) is 0.389. The highest BCUT2D eigenvalue weighted by Crippen LogP contribution is 2.40. The van der Waals surface area contributed by atoms with Gasteiger partial charge in [-0.2, -0.15) is 0 Å². The SMILES string of the molecule is Cc1occc1C(=O)N1CC2(CCN(C(=O)c3cccnc3)C2)C1. The molecule has 0 saturated carbocycles. The lowest BCUT2D eigenvalue weighted by Gasteiger charge is -2.47. The second-order valence-electron chi connectivity index (χ2n) is 6.77. The van der Waals surface area contributed by atoms with Crippen molar-refractivity contribution < 1.29 is 14.0 Å². The summed E-state index contributed by atoms with van der Waals surface area (Å²) in [6.45, 7) is 4.64. The Morgan fingerprint density at radius 1 is 1.17 bits per heavy atom. The molecule has 0 bridgehead atoms. The van der Waals surface area contributed by atoms with Crippen LogP contribution in [-0.2, 0) is 0 Å². The summed E-state index contributed by atoms with van der Waals surface area (Å²) in [5.41, 5.74) is 1.30. The molecule has 0 aromatic carbocycles. The monoisotopic (exact) mass is 325 g/mol. The zero-order valence-electron chi connectivity index (χ0n) is 13.6. The van der Waals surface area contributed by atoms with Gasteiger partial charge in [0.2, 0.25) is 0 Å². The largest absolute Gasteiger partial charge is 0.469 e. The normalized spacial score (nSPS) is 18.7. The van der Waals surface area contributed by atoms with E-state index in [4.69, 9.17) is 4.42 Å². The molecule has 2 aromatic heterocycles. The average molecular weight is 325 g/mol. The van der Waals surface area contributed by atoms with Gasteiger partial charge in [0.15, 0.2) is 0 Å². The number of hydrogen-bond donors (Lipinski definition) is 0. The first-order valence-electron chi connectivity index (χ1n) is 8.11. The van der Waals surface area contributed by atoms with Gasteiger partial charge in [-0.15, -0.1) is 0 Å². The molecule has 2 aliphatic heterocycles. The molecule has 6 nitrogen and oxygen atoms in total. The fourth-order valence-corrected chi connectivity index (χ4v) is 3.72. The molecule has 2 saturated heterocycles. The van der Waals surface area contributed by atoms with Gasteiger partial charge in [0, 0.05) is 44.0 Å². The van der Waals surface area contributed by atoms with Crippen molar-refractivity contribution in [1.29, 1.82) is 0 Å². The van der Waals surface area contributed by atoms with Gasteiger partial charge in [-0.3, -0.25) is 14.6 Å². The van der Waals surface area contributed by atoms with Gasteiger partial charge in [-0.1, -0.05) is 0 Å². The van der Waals surface area contributed by atoms with E-state index < -0.39 is 0 Å². The van der Waals surface area contributed by atoms with E-state index in [1.807, 2.05) is 9.80 Å². The molecule has 2 fully saturated rings. The molecule has 6 heteroatoms. The summed E-state index contributed by atoms with van der Waals surface area (Å²) < 4.78 is 5.21. The molecule has 0 atom stereocenters. The fourth-order valence-electron chi connectivity index (χ4n) is 3.72. The summed E-state index contributed by atoms with van der Waals surface area (Å²) in [7, 11) is 0. The number of carbonyl (C=O) groups excluding carboxylic acids is 2. The van der Waals surface area contributed by atoms with Crippen LogP contribution in [0.1, 0.15) is 32.9 Å². The minimum atomic E-state index is 0.0175. The first kappa shape index (κ1) is 14.9. The molecule has 4 heterocycles. The van der Waals surface area contributed by atoms with Crippen molar-refractivity contribution in [3.05, 3.63) is 53.7 Å². The maximum absolute atomic E-state index is 12.5. The topological polar surface area (TPSA) is 66.7 Å². The lowest BCUT2D eigenvalue weighted by Crippen LogP contribution is -2.59. The minimum absolute atomic E-state index is 0.0175. The molecular weight excluding hydrogens is 306 g/mol. The van der Waals surface area contributed by atoms with Gasteiger partial charge in [-0.05, 0) is 31.5 Å². The highest BCUT2D eigenvalue weighted by Gasteiger charge is 2.50. The summed E-state index contributed by atoms with van der Waals surface area (Å²) in [4.78, 5) is 32.7. The van der Waals surface area contributed by atoms with Gasteiger partial charge in [0.25, 0.3) is 11.8 Å². The predicted molar refractivity (Wildman–Crippen MR) is 86.5 cm³/mol. The van der Waals surface area contributed by atoms with Gasteiger partial charge in [0.1, 0.15) is 5.76 Å². The van der Waals surface area contributed by atoms with E-state index in [1.54, 1.807) is 43.8 Å². The Morgan fingerprint density at radius 2 is 1.96 bits per heavy atom. The molecule has 0 unspecified atom stereocenters. The van der Waals surface area contributed by atoms with Crippen LogP contribution < -0.4 is 0 Å². The molecule has 2 aromatic rings. The van der Waals surface area contributed by atoms with Crippen LogP contribution in [0, 0.1) is 12.3 Å². The number of aryl methyl sites for hydroxylation is 1. The Labute approximate surface area is 140 Å². The van der Waals surface area contributed by atoms with Crippen molar-refractivity contribution in [2.24, 2.45) is 5.41 Å². The van der Waals surface area contributed by atoms with E-state index in [0.717, 1.165) is 13.0 Å². The summed E-state index contributed by atoms with van der Waals surface area (Å²) >= 11 is 0. The highest BCUT2D eigenvalue weighted by atomic mass is 16.3. The molecule has 0 N–H and O–H groups in total. The third kappa shape index (κ3) is 2.38. The number of hydrogen-bond acceptors (Lipinski definition) is 4. The van der Waals surface area contributed by atoms with Crippen molar-refractivity contribution >= 4 is 11.8 Å². The van der Waals surface area contributed by atoms with Crippen LogP contribution in [0.5, 0.6) is 0 Å². The number of likely N-dealkylation sites (tertiary alicyclic amines) is 2. The summed E-state index contributed by atoms with van der Waals surface area (Å²) in [5.74, 6) is 0.695. The van der Waals surface area contributed by atoms with Crippen LogP contribution in [0.2, 0.25) is 0 Å². The van der Waals surface area contributed by atoms with Crippen molar-refractivity contribution in [2.75, 3.05) is 26.2 Å². The molecule has 0 aliphatic carbocycles. The van der Waals surface area contributed by atoms with Crippen LogP contribution in [0.3, 0.4) is 0 Å². The van der Waals surface area contributed by atoms with E-state index >= 15 is 0 Å². The second-order valence-corrected chi connectivity index (χ2v) is 6.77. The maximum Gasteiger partial charge on any atom is 0.257 e. The molecule has 124 valence electrons. The smallest absolute Gasteiger partial charge is 0.257 e. The summed E-state index contributed by atoms with van der Waals surface area (Å²) in [6, 6.07) is 5.28. The quantitative estimate of drug-likeness (QED) is 0.847. The van der Waals surface area contributed by atoms with Crippen molar-refractivity contribution in [3.63, 3.8) is 0 Å². The zero-order valence-corrected chi connectivity index (χ0v) is 13.6. The molecular formula is C18H19N3O3. The molecule has 0 radical (unpaired) electrons. The molecule has 4 rings (SSSR count). The van der Waals surface area contributed by atoms with Crippen LogP contribution >= 0.6 is 0 Å². The third-order valence-corrected chi connectivity index (χ3v) is 5.06. The standard InChI is InChI=1S/C18H19N3O3/c1-13-15(4-8-24-13)17(23)21-11-18(12-21)5-7-20(10-18)16(22)14-3-2-6-19-9-14/h2-4,6,8-9H,5,7,10-12H2,1H3. The van der Waals surface area contributed by atoms with E-state index in [0.29, 0.717) is 36.5 Å². The number of aromatic nitrogens is 1. The second kappa shape index (κ2) is 5.47. The van der Waals surface area contributed by atoms with E-state index in [-0.39, 0.29) is 17.2 Å². The first-order valence-corrected chi connectivity index (χ1v) is 8.11. The minimum Gasteiger partial charge on any atom is -0.469 e. The third-order valence-electron chi connectivity index (χ3n) is 5.06. The zero-order chi connectivity index (χ0) is 16.7. The summed E-state index contributed by atoms with van der Waals surface area (Å²) in [6.07, 6.45) is 5.75. The first-order chi connectivity index (χ1) is 11.6. The number of furan rings is 1. The molecule has 2 aliphatic rings. The molecule has 2 amide bonds. The summed E-state index contributed by atoms with van der Waals surface area (Å²) in [5, 5.41) is 0. The lowest BCUT2D eigenvalue weighted by atomic mass is 9.78. The number of nitrogens with zero attached hydrogens (tertiary/aromatic N) is 3. The van der Waals surface area contributed by atoms with Crippen molar-refractivity contribution in [2.45, 2.75) is 13.3 Å². The van der Waals surface area contributed by atoms with E-state index in [1.165, 1.54) is 0 Å². The van der Waals surface area contributed by atoms with Crippen molar-refractivity contribution in [1.82, 2.24) is 14.8 Å². The number of pyridine rings is 1. The Morgan fingerprint density at radius 3 is 2.62 bits per heavy atom. The van der Waals surface area contributed by atoms with E-state index in [2.05, 4.69) is 4.98 Å². The number of rotatable bonds is 2. The van der Waals surface area contributed by atoms with Crippen LogP contribution in [0.25, 0.3) is 0 Å². The highest BCUT2D eigenvalue weighted by molar-refractivity contribution is 5.96. The van der Waals surface area contributed by atoms with Crippen molar-refractivity contribution in [3.8, 4) is 0 Å². The van der Waals surface area contributed by atoms with Gasteiger partial charge in [-0.25, -0.2) is 0 Å². The van der Waals surface area contributed by atoms with Crippen LogP contribution in [0.4, 0.5) is 0 Å². The Kier molecular flexibility index (Phi) is 3.40. The van der Waals surface area contributed by atoms with Gasteiger partial charge < -0.3 is 14.2 Å². The Hall–Kier alpha value is -2.63. The lowest BCUT2D eigenvalue weighted by molar-refractivity contribution is 0.0109. The number of carbonyl (C=O) groups is 2. The Balaban J connectivity index is 1.39. The average Bonchev–Trinajstić information content (AvgIpc) is 3.19. The Bertz CT molecular complexity index is 778. The molecule has 1 spiro atoms. The van der Waals surface area contributed by atoms with Crippen LogP contribution in [0.15, 0.2) is 41.3 Å². The molecule has 24 heavy (non-hydrogen) atoms.